The van der Waals surface area contributed by atoms with E-state index in [0.717, 1.165) is 43.4 Å². The van der Waals surface area contributed by atoms with E-state index in [-0.39, 0.29) is 36.2 Å². The van der Waals surface area contributed by atoms with Crippen LogP contribution in [-0.2, 0) is 4.79 Å². The molecule has 1 aromatic carbocycles. The first-order chi connectivity index (χ1) is 15.9. The minimum Gasteiger partial charge on any atom is -0.494 e. The Balaban J connectivity index is 1.73. The van der Waals surface area contributed by atoms with E-state index in [4.69, 9.17) is 4.74 Å². The number of hydrogen-bond donors (Lipinski definition) is 2. The van der Waals surface area contributed by atoms with Gasteiger partial charge in [-0.05, 0) is 37.5 Å². The Morgan fingerprint density at radius 2 is 1.85 bits per heavy atom. The molecular weight excluding hydrogens is 424 g/mol. The summed E-state index contributed by atoms with van der Waals surface area (Å²) >= 11 is 0. The number of amides is 1. The summed E-state index contributed by atoms with van der Waals surface area (Å²) in [5.74, 6) is 0.161. The van der Waals surface area contributed by atoms with Crippen LogP contribution in [0.2, 0.25) is 0 Å². The van der Waals surface area contributed by atoms with Crippen LogP contribution in [-0.4, -0.2) is 37.9 Å². The first-order valence-corrected chi connectivity index (χ1v) is 11.6. The van der Waals surface area contributed by atoms with E-state index in [2.05, 4.69) is 10.1 Å². The van der Waals surface area contributed by atoms with Gasteiger partial charge in [-0.15, -0.1) is 0 Å². The maximum atomic E-state index is 12.8. The Morgan fingerprint density at radius 3 is 2.48 bits per heavy atom. The molecular formula is C24H30N4O5. The molecule has 176 valence electrons. The molecule has 1 aromatic heterocycles. The number of carbonyl (C=O) groups is 1. The van der Waals surface area contributed by atoms with Crippen molar-refractivity contribution in [2.24, 2.45) is 5.10 Å². The van der Waals surface area contributed by atoms with Gasteiger partial charge in [0.2, 0.25) is 11.8 Å². The quantitative estimate of drug-likeness (QED) is 0.695. The van der Waals surface area contributed by atoms with Crippen molar-refractivity contribution in [1.29, 1.82) is 0 Å². The second-order valence-corrected chi connectivity index (χ2v) is 8.48. The molecule has 0 saturated heterocycles. The van der Waals surface area contributed by atoms with E-state index in [9.17, 15) is 19.5 Å². The van der Waals surface area contributed by atoms with Gasteiger partial charge in [0.25, 0.3) is 5.56 Å². The Hall–Kier alpha value is -3.36. The lowest BCUT2D eigenvalue weighted by Gasteiger charge is -2.25. The van der Waals surface area contributed by atoms with Crippen LogP contribution in [0.1, 0.15) is 82.0 Å². The second kappa shape index (κ2) is 9.64. The highest BCUT2D eigenvalue weighted by molar-refractivity contribution is 6.04. The third kappa shape index (κ3) is 4.44. The van der Waals surface area contributed by atoms with Crippen LogP contribution < -0.4 is 16.0 Å². The normalized spacial score (nSPS) is 18.9. The van der Waals surface area contributed by atoms with E-state index < -0.39 is 17.3 Å². The van der Waals surface area contributed by atoms with E-state index in [1.807, 2.05) is 31.2 Å². The monoisotopic (exact) mass is 454 g/mol. The van der Waals surface area contributed by atoms with Crippen molar-refractivity contribution >= 4 is 11.6 Å². The molecule has 0 bridgehead atoms. The third-order valence-electron chi connectivity index (χ3n) is 6.39. The van der Waals surface area contributed by atoms with Crippen LogP contribution in [0.25, 0.3) is 0 Å². The number of aromatic amines is 1. The molecule has 1 amide bonds. The Kier molecular flexibility index (Phi) is 6.67. The van der Waals surface area contributed by atoms with Crippen LogP contribution >= 0.6 is 0 Å². The van der Waals surface area contributed by atoms with Crippen LogP contribution in [0.15, 0.2) is 39.0 Å². The van der Waals surface area contributed by atoms with Gasteiger partial charge in [-0.3, -0.25) is 19.1 Å². The molecule has 9 nitrogen and oxygen atoms in total. The zero-order valence-corrected chi connectivity index (χ0v) is 19.0. The van der Waals surface area contributed by atoms with E-state index >= 15 is 0 Å². The molecule has 9 heteroatoms. The number of aromatic nitrogens is 2. The van der Waals surface area contributed by atoms with Crippen molar-refractivity contribution in [3.05, 3.63) is 56.2 Å². The van der Waals surface area contributed by atoms with Gasteiger partial charge in [-0.1, -0.05) is 38.3 Å². The fourth-order valence-corrected chi connectivity index (χ4v) is 4.74. The molecule has 4 rings (SSSR count). The average Bonchev–Trinajstić information content (AvgIpc) is 3.24. The molecule has 0 spiro atoms. The summed E-state index contributed by atoms with van der Waals surface area (Å²) in [7, 11) is 0. The molecule has 33 heavy (non-hydrogen) atoms. The van der Waals surface area contributed by atoms with Gasteiger partial charge in [-0.2, -0.15) is 5.10 Å². The Morgan fingerprint density at radius 1 is 1.15 bits per heavy atom. The number of benzene rings is 1. The van der Waals surface area contributed by atoms with Crippen molar-refractivity contribution in [3.63, 3.8) is 0 Å². The summed E-state index contributed by atoms with van der Waals surface area (Å²) in [5.41, 5.74) is -0.215. The van der Waals surface area contributed by atoms with Gasteiger partial charge >= 0.3 is 5.69 Å². The SMILES string of the molecule is CCOc1ccc(C2CC(c3c(O)n(C4CCCCC4)c(=O)[nH]c3=O)=NN2C(=O)CC)cc1. The molecule has 1 aliphatic carbocycles. The van der Waals surface area contributed by atoms with E-state index in [1.165, 1.54) is 9.58 Å². The number of hydrogen-bond acceptors (Lipinski definition) is 6. The lowest BCUT2D eigenvalue weighted by atomic mass is 9.95. The number of nitrogens with zero attached hydrogens (tertiary/aromatic N) is 3. The van der Waals surface area contributed by atoms with Gasteiger partial charge in [-0.25, -0.2) is 9.80 Å². The lowest BCUT2D eigenvalue weighted by Crippen LogP contribution is -2.36. The smallest absolute Gasteiger partial charge is 0.331 e. The Bertz CT molecular complexity index is 1160. The number of nitrogens with one attached hydrogen (secondary N) is 1. The van der Waals surface area contributed by atoms with Gasteiger partial charge in [0.05, 0.1) is 18.4 Å². The minimum absolute atomic E-state index is 0.0393. The van der Waals surface area contributed by atoms with Crippen molar-refractivity contribution in [2.75, 3.05) is 6.61 Å². The predicted molar refractivity (Wildman–Crippen MR) is 124 cm³/mol. The summed E-state index contributed by atoms with van der Waals surface area (Å²) in [4.78, 5) is 40.3. The fourth-order valence-electron chi connectivity index (χ4n) is 4.74. The van der Waals surface area contributed by atoms with Crippen molar-refractivity contribution in [1.82, 2.24) is 14.6 Å². The summed E-state index contributed by atoms with van der Waals surface area (Å²) < 4.78 is 6.79. The molecule has 0 radical (unpaired) electrons. The molecule has 1 atom stereocenters. The highest BCUT2D eigenvalue weighted by Gasteiger charge is 2.35. The van der Waals surface area contributed by atoms with Crippen molar-refractivity contribution in [3.8, 4) is 11.6 Å². The van der Waals surface area contributed by atoms with E-state index in [1.54, 1.807) is 6.92 Å². The molecule has 1 unspecified atom stereocenters. The third-order valence-corrected chi connectivity index (χ3v) is 6.39. The molecule has 1 aliphatic heterocycles. The summed E-state index contributed by atoms with van der Waals surface area (Å²) in [6, 6.07) is 6.82. The van der Waals surface area contributed by atoms with Crippen LogP contribution in [0.3, 0.4) is 0 Å². The molecule has 2 aliphatic rings. The fraction of sp³-hybridized carbons (Fsp3) is 0.500. The molecule has 2 N–H and O–H groups in total. The van der Waals surface area contributed by atoms with Crippen molar-refractivity contribution in [2.45, 2.75) is 70.9 Å². The second-order valence-electron chi connectivity index (χ2n) is 8.48. The standard InChI is InChI=1S/C24H30N4O5/c1-3-20(29)28-19(15-10-12-17(13-11-15)33-4-2)14-18(26-28)21-22(30)25-24(32)27(23(21)31)16-8-6-5-7-9-16/h10-13,16,19,31H,3-9,14H2,1-2H3,(H,25,30,32). The zero-order chi connectivity index (χ0) is 23.5. The largest absolute Gasteiger partial charge is 0.494 e. The first-order valence-electron chi connectivity index (χ1n) is 11.6. The number of aromatic hydroxyl groups is 1. The van der Waals surface area contributed by atoms with Gasteiger partial charge in [0.15, 0.2) is 0 Å². The lowest BCUT2D eigenvalue weighted by molar-refractivity contribution is -0.132. The number of rotatable bonds is 6. The maximum absolute atomic E-state index is 12.8. The first kappa shape index (κ1) is 22.8. The number of carbonyl (C=O) groups excluding carboxylic acids is 1. The predicted octanol–water partition coefficient (Wildman–Crippen LogP) is 3.23. The molecule has 1 fully saturated rings. The highest BCUT2D eigenvalue weighted by Crippen LogP contribution is 2.36. The molecule has 1 saturated carbocycles. The molecule has 2 aromatic rings. The van der Waals surface area contributed by atoms with Crippen LogP contribution in [0, 0.1) is 0 Å². The van der Waals surface area contributed by atoms with Gasteiger partial charge in [0, 0.05) is 18.9 Å². The summed E-state index contributed by atoms with van der Waals surface area (Å²) in [5, 5.41) is 16.9. The highest BCUT2D eigenvalue weighted by atomic mass is 16.5. The van der Waals surface area contributed by atoms with Crippen LogP contribution in [0.4, 0.5) is 0 Å². The average molecular weight is 455 g/mol. The Labute approximate surface area is 191 Å². The topological polar surface area (TPSA) is 117 Å². The maximum Gasteiger partial charge on any atom is 0.331 e. The van der Waals surface area contributed by atoms with Gasteiger partial charge in [0.1, 0.15) is 11.3 Å². The number of ether oxygens (including phenoxy) is 1. The summed E-state index contributed by atoms with van der Waals surface area (Å²) in [6.45, 7) is 4.21. The number of H-pyrrole nitrogens is 1. The summed E-state index contributed by atoms with van der Waals surface area (Å²) in [6.07, 6.45) is 5.04. The van der Waals surface area contributed by atoms with E-state index in [0.29, 0.717) is 12.3 Å². The molecule has 2 heterocycles. The van der Waals surface area contributed by atoms with Gasteiger partial charge < -0.3 is 9.84 Å². The minimum atomic E-state index is -0.695. The van der Waals surface area contributed by atoms with Crippen molar-refractivity contribution < 1.29 is 14.6 Å². The van der Waals surface area contributed by atoms with Crippen LogP contribution in [0.5, 0.6) is 11.6 Å². The number of hydrazone groups is 1. The zero-order valence-electron chi connectivity index (χ0n) is 19.0.